The number of aromatic amines is 2. The van der Waals surface area contributed by atoms with Crippen molar-refractivity contribution in [3.63, 3.8) is 0 Å². The predicted molar refractivity (Wildman–Crippen MR) is 287 cm³/mol. The Kier molecular flexibility index (Phi) is 9.63. The number of H-pyrrole nitrogens is 2. The van der Waals surface area contributed by atoms with Crippen molar-refractivity contribution in [1.82, 2.24) is 49.0 Å². The molecule has 8 heterocycles. The fraction of sp³-hybridized carbons (Fsp3) is 0.167. The number of unbranched alkanes of at least 4 members (excludes halogenated alkanes) is 7. The summed E-state index contributed by atoms with van der Waals surface area (Å²) in [6.07, 6.45) is 17.2. The number of hydrogen-bond acceptors (Lipinski definition) is 6. The molecule has 0 aliphatic carbocycles. The maximum atomic E-state index is 5.18. The van der Waals surface area contributed by atoms with Crippen LogP contribution in [0.15, 0.2) is 158 Å². The van der Waals surface area contributed by atoms with Crippen LogP contribution in [0.3, 0.4) is 0 Å². The molecule has 6 aromatic carbocycles. The van der Waals surface area contributed by atoms with Gasteiger partial charge in [-0.25, -0.2) is 9.97 Å². The summed E-state index contributed by atoms with van der Waals surface area (Å²) < 4.78 is 5.05. The van der Waals surface area contributed by atoms with Crippen molar-refractivity contribution in [2.45, 2.75) is 64.5 Å². The van der Waals surface area contributed by atoms with Gasteiger partial charge in [-0.1, -0.05) is 74.9 Å². The summed E-state index contributed by atoms with van der Waals surface area (Å²) in [6.45, 7) is 2.02. The standard InChI is InChI=1S/C60H48N10/c1(3-5-11-33-69-47-23-9-7-17-39(47)45-35-37(25-27-49(45)69)59-65-55-41-19-13-29-61-51(41)52-42(56(55)66-59)20-14-30-62-52)2-4-6-12-34-70-48-24-10-8-18-40(48)46-36-38(26-28-50(46)70)60-67-57-43-21-15-31-63-53(43)54-44(58(57)68-60)22-16-32-64-54/h7-10,13-32,35-36H,1-6,11-12,33-34H2,(H,65,66)(H,67,68). The summed E-state index contributed by atoms with van der Waals surface area (Å²) >= 11 is 0. The first-order valence-corrected chi connectivity index (χ1v) is 24.8. The van der Waals surface area contributed by atoms with E-state index in [-0.39, 0.29) is 0 Å². The minimum Gasteiger partial charge on any atom is -0.340 e. The summed E-state index contributed by atoms with van der Waals surface area (Å²) in [5, 5.41) is 9.18. The van der Waals surface area contributed by atoms with Gasteiger partial charge in [0.25, 0.3) is 0 Å². The van der Waals surface area contributed by atoms with Gasteiger partial charge < -0.3 is 19.1 Å². The van der Waals surface area contributed by atoms with E-state index in [2.05, 4.69) is 128 Å². The van der Waals surface area contributed by atoms with E-state index < -0.39 is 0 Å². The summed E-state index contributed by atoms with van der Waals surface area (Å²) in [5.41, 5.74) is 14.7. The summed E-state index contributed by atoms with van der Waals surface area (Å²) in [7, 11) is 0. The number of aromatic nitrogens is 10. The van der Waals surface area contributed by atoms with Crippen LogP contribution in [0.2, 0.25) is 0 Å². The van der Waals surface area contributed by atoms with Crippen LogP contribution < -0.4 is 0 Å². The number of pyridine rings is 4. The van der Waals surface area contributed by atoms with Crippen LogP contribution in [0.25, 0.3) is 132 Å². The second-order valence-corrected chi connectivity index (χ2v) is 18.8. The Hall–Kier alpha value is -8.50. The number of rotatable bonds is 13. The Morgan fingerprint density at radius 3 is 1.11 bits per heavy atom. The summed E-state index contributed by atoms with van der Waals surface area (Å²) in [4.78, 5) is 36.5. The van der Waals surface area contributed by atoms with Gasteiger partial charge in [0.15, 0.2) is 0 Å². The molecule has 0 radical (unpaired) electrons. The number of nitrogens with zero attached hydrogens (tertiary/aromatic N) is 8. The molecule has 14 aromatic rings. The van der Waals surface area contributed by atoms with Crippen molar-refractivity contribution in [2.75, 3.05) is 0 Å². The molecule has 0 bridgehead atoms. The molecule has 0 atom stereocenters. The fourth-order valence-electron chi connectivity index (χ4n) is 11.4. The smallest absolute Gasteiger partial charge is 0.138 e. The molecule has 0 amide bonds. The van der Waals surface area contributed by atoms with Crippen molar-refractivity contribution >= 4 is 109 Å². The minimum absolute atomic E-state index is 0.858. The van der Waals surface area contributed by atoms with E-state index in [0.717, 1.165) is 114 Å². The molecule has 10 heteroatoms. The molecule has 70 heavy (non-hydrogen) atoms. The maximum absolute atomic E-state index is 5.18. The maximum Gasteiger partial charge on any atom is 0.138 e. The average Bonchev–Trinajstić information content (AvgIpc) is 4.22. The fourth-order valence-corrected chi connectivity index (χ4v) is 11.4. The van der Waals surface area contributed by atoms with E-state index in [9.17, 15) is 0 Å². The highest BCUT2D eigenvalue weighted by molar-refractivity contribution is 6.22. The van der Waals surface area contributed by atoms with E-state index in [4.69, 9.17) is 29.9 Å². The van der Waals surface area contributed by atoms with Crippen LogP contribution in [0.4, 0.5) is 0 Å². The van der Waals surface area contributed by atoms with Crippen molar-refractivity contribution < 1.29 is 0 Å². The highest BCUT2D eigenvalue weighted by Crippen LogP contribution is 2.38. The van der Waals surface area contributed by atoms with Gasteiger partial charge in [0.05, 0.1) is 44.1 Å². The van der Waals surface area contributed by atoms with Gasteiger partial charge in [0.2, 0.25) is 0 Å². The Balaban J connectivity index is 0.622. The van der Waals surface area contributed by atoms with Crippen molar-refractivity contribution in [1.29, 1.82) is 0 Å². The number of fused-ring (bicyclic) bond motifs is 18. The van der Waals surface area contributed by atoms with Gasteiger partial charge in [-0.2, -0.15) is 0 Å². The van der Waals surface area contributed by atoms with Crippen LogP contribution in [-0.4, -0.2) is 49.0 Å². The van der Waals surface area contributed by atoms with Crippen LogP contribution in [0.1, 0.15) is 51.4 Å². The quantitative estimate of drug-likeness (QED) is 0.0878. The summed E-state index contributed by atoms with van der Waals surface area (Å²) in [6, 6.07) is 47.6. The van der Waals surface area contributed by atoms with Crippen LogP contribution in [0, 0.1) is 0 Å². The molecule has 0 aliphatic rings. The third-order valence-electron chi connectivity index (χ3n) is 14.7. The zero-order chi connectivity index (χ0) is 46.1. The van der Waals surface area contributed by atoms with Gasteiger partial charge in [0.1, 0.15) is 11.6 Å². The minimum atomic E-state index is 0.858. The lowest BCUT2D eigenvalue weighted by molar-refractivity contribution is 0.536. The number of imidazole rings is 2. The first kappa shape index (κ1) is 40.6. The predicted octanol–water partition coefficient (Wildman–Crippen LogP) is 15.0. The van der Waals surface area contributed by atoms with E-state index in [1.807, 2.05) is 49.1 Å². The van der Waals surface area contributed by atoms with E-state index in [0.29, 0.717) is 0 Å². The van der Waals surface area contributed by atoms with Crippen LogP contribution >= 0.6 is 0 Å². The summed E-state index contributed by atoms with van der Waals surface area (Å²) in [5.74, 6) is 1.72. The second-order valence-electron chi connectivity index (χ2n) is 18.8. The third kappa shape index (κ3) is 6.54. The molecule has 8 aromatic heterocycles. The van der Waals surface area contributed by atoms with E-state index in [1.54, 1.807) is 0 Å². The number of benzene rings is 6. The number of aryl methyl sites for hydroxylation is 2. The Morgan fingerprint density at radius 1 is 0.314 bits per heavy atom. The molecule has 10 nitrogen and oxygen atoms in total. The molecule has 0 spiro atoms. The number of nitrogens with one attached hydrogen (secondary N) is 2. The topological polar surface area (TPSA) is 119 Å². The molecular formula is C60H48N10. The van der Waals surface area contributed by atoms with Gasteiger partial charge in [-0.15, -0.1) is 0 Å². The molecule has 338 valence electrons. The normalized spacial score (nSPS) is 12.3. The molecule has 2 N–H and O–H groups in total. The number of hydrogen-bond donors (Lipinski definition) is 2. The monoisotopic (exact) mass is 908 g/mol. The van der Waals surface area contributed by atoms with E-state index in [1.165, 1.54) is 82.1 Å². The molecular weight excluding hydrogens is 861 g/mol. The first-order chi connectivity index (χ1) is 34.7. The molecule has 0 saturated carbocycles. The van der Waals surface area contributed by atoms with Gasteiger partial charge >= 0.3 is 0 Å². The average molecular weight is 909 g/mol. The Bertz CT molecular complexity index is 3920. The van der Waals surface area contributed by atoms with Crippen LogP contribution in [0.5, 0.6) is 0 Å². The third-order valence-corrected chi connectivity index (χ3v) is 14.7. The first-order valence-electron chi connectivity index (χ1n) is 24.8. The van der Waals surface area contributed by atoms with Crippen molar-refractivity contribution in [2.24, 2.45) is 0 Å². The van der Waals surface area contributed by atoms with Gasteiger partial charge in [0, 0.05) is 114 Å². The van der Waals surface area contributed by atoms with Crippen molar-refractivity contribution in [3.8, 4) is 22.8 Å². The second kappa shape index (κ2) is 16.6. The molecule has 0 unspecified atom stereocenters. The SMILES string of the molecule is c1cnc2c(c1)c1nc(-c3ccc4c(c3)c3ccccc3n4CCCCCCCCCCn3c4ccccc4c4cc(-c5nc6c7cccnc7c7ncccc7c6[nH]5)ccc43)[nH]c1c1cccnc12. The van der Waals surface area contributed by atoms with Crippen LogP contribution in [-0.2, 0) is 13.1 Å². The largest absolute Gasteiger partial charge is 0.340 e. The van der Waals surface area contributed by atoms with Gasteiger partial charge in [-0.3, -0.25) is 19.9 Å². The lowest BCUT2D eigenvalue weighted by Crippen LogP contribution is -1.98. The molecule has 0 fully saturated rings. The molecule has 14 rings (SSSR count). The molecule has 0 aliphatic heterocycles. The van der Waals surface area contributed by atoms with Crippen molar-refractivity contribution in [3.05, 3.63) is 158 Å². The number of para-hydroxylation sites is 2. The zero-order valence-corrected chi connectivity index (χ0v) is 38.7. The Labute approximate surface area is 402 Å². The lowest BCUT2D eigenvalue weighted by atomic mass is 10.1. The Morgan fingerprint density at radius 2 is 0.671 bits per heavy atom. The van der Waals surface area contributed by atoms with E-state index >= 15 is 0 Å². The zero-order valence-electron chi connectivity index (χ0n) is 38.7. The molecule has 0 saturated heterocycles. The highest BCUT2D eigenvalue weighted by atomic mass is 15.0. The highest BCUT2D eigenvalue weighted by Gasteiger charge is 2.19. The lowest BCUT2D eigenvalue weighted by Gasteiger charge is -2.09. The van der Waals surface area contributed by atoms with Gasteiger partial charge in [-0.05, 0) is 110 Å².